The number of carbonyl (C=O) groups excluding carboxylic acids is 1. The minimum absolute atomic E-state index is 0.0931. The summed E-state index contributed by atoms with van der Waals surface area (Å²) in [6.45, 7) is 1.90. The average molecular weight is 315 g/mol. The monoisotopic (exact) mass is 315 g/mol. The highest BCUT2D eigenvalue weighted by Gasteiger charge is 2.21. The Morgan fingerprint density at radius 2 is 1.96 bits per heavy atom. The first kappa shape index (κ1) is 15.5. The van der Waals surface area contributed by atoms with Gasteiger partial charge in [0.25, 0.3) is 5.91 Å². The van der Waals surface area contributed by atoms with Crippen molar-refractivity contribution in [1.82, 2.24) is 10.2 Å². The van der Waals surface area contributed by atoms with E-state index in [2.05, 4.69) is 15.5 Å². The summed E-state index contributed by atoms with van der Waals surface area (Å²) in [7, 11) is 0. The number of benzene rings is 1. The summed E-state index contributed by atoms with van der Waals surface area (Å²) in [6, 6.07) is 7.67. The van der Waals surface area contributed by atoms with E-state index in [1.54, 1.807) is 0 Å². The molecule has 0 radical (unpaired) electrons. The molecule has 1 amide bonds. The lowest BCUT2D eigenvalue weighted by molar-refractivity contribution is -0.118. The fraction of sp³-hybridized carbons (Fsp3) is 0.471. The molecule has 1 saturated carbocycles. The summed E-state index contributed by atoms with van der Waals surface area (Å²) >= 11 is 0. The second-order valence-electron chi connectivity index (χ2n) is 5.93. The molecule has 0 atom stereocenters. The van der Waals surface area contributed by atoms with Gasteiger partial charge in [0.05, 0.1) is 0 Å². The van der Waals surface area contributed by atoms with E-state index in [9.17, 15) is 4.79 Å². The van der Waals surface area contributed by atoms with Crippen LogP contribution in [0.25, 0.3) is 0 Å². The van der Waals surface area contributed by atoms with E-state index in [1.165, 1.54) is 19.3 Å². The molecular formula is C17H21N3O3. The van der Waals surface area contributed by atoms with Crippen molar-refractivity contribution in [3.63, 3.8) is 0 Å². The lowest BCUT2D eigenvalue weighted by Gasteiger charge is -2.17. The second kappa shape index (κ2) is 7.26. The summed E-state index contributed by atoms with van der Waals surface area (Å²) in [5.74, 6) is 1.29. The molecule has 1 aliphatic carbocycles. The Morgan fingerprint density at radius 3 is 2.70 bits per heavy atom. The Balaban J connectivity index is 1.49. The standard InChI is InChI=1S/C17H21N3O3/c1-12-7-9-14(10-8-12)22-11-15(21)18-17-20-19-16(23-17)13-5-3-2-4-6-13/h7-10,13H,2-6,11H2,1H3,(H,18,20,21). The van der Waals surface area contributed by atoms with E-state index in [0.29, 0.717) is 17.6 Å². The Morgan fingerprint density at radius 1 is 1.22 bits per heavy atom. The van der Waals surface area contributed by atoms with Gasteiger partial charge in [0.2, 0.25) is 5.89 Å². The van der Waals surface area contributed by atoms with Crippen molar-refractivity contribution in [3.05, 3.63) is 35.7 Å². The van der Waals surface area contributed by atoms with Crippen molar-refractivity contribution >= 4 is 11.9 Å². The molecular weight excluding hydrogens is 294 g/mol. The minimum atomic E-state index is -0.315. The molecule has 1 fully saturated rings. The van der Waals surface area contributed by atoms with E-state index in [1.807, 2.05) is 31.2 Å². The van der Waals surface area contributed by atoms with Crippen LogP contribution in [0.3, 0.4) is 0 Å². The molecule has 1 aromatic carbocycles. The Labute approximate surface area is 135 Å². The average Bonchev–Trinajstić information content (AvgIpc) is 3.04. The van der Waals surface area contributed by atoms with Gasteiger partial charge in [-0.2, -0.15) is 0 Å². The van der Waals surface area contributed by atoms with Crippen molar-refractivity contribution in [2.75, 3.05) is 11.9 Å². The quantitative estimate of drug-likeness (QED) is 0.914. The molecule has 0 unspecified atom stereocenters. The Kier molecular flexibility index (Phi) is 4.90. The van der Waals surface area contributed by atoms with Gasteiger partial charge in [-0.05, 0) is 31.9 Å². The van der Waals surface area contributed by atoms with Crippen LogP contribution in [0.15, 0.2) is 28.7 Å². The van der Waals surface area contributed by atoms with Gasteiger partial charge in [0.15, 0.2) is 6.61 Å². The zero-order valence-corrected chi connectivity index (χ0v) is 13.2. The van der Waals surface area contributed by atoms with Crippen LogP contribution in [0, 0.1) is 6.92 Å². The maximum absolute atomic E-state index is 11.9. The van der Waals surface area contributed by atoms with Gasteiger partial charge in [-0.1, -0.05) is 42.1 Å². The topological polar surface area (TPSA) is 77.2 Å². The highest BCUT2D eigenvalue weighted by atomic mass is 16.5. The molecule has 0 aliphatic heterocycles. The van der Waals surface area contributed by atoms with Crippen molar-refractivity contribution in [3.8, 4) is 5.75 Å². The number of aromatic nitrogens is 2. The third kappa shape index (κ3) is 4.31. The number of aryl methyl sites for hydroxylation is 1. The van der Waals surface area contributed by atoms with E-state index < -0.39 is 0 Å². The van der Waals surface area contributed by atoms with Crippen LogP contribution in [0.2, 0.25) is 0 Å². The SMILES string of the molecule is Cc1ccc(OCC(=O)Nc2nnc(C3CCCCC3)o2)cc1. The van der Waals surface area contributed by atoms with Gasteiger partial charge in [-0.3, -0.25) is 10.1 Å². The zero-order chi connectivity index (χ0) is 16.1. The first-order valence-corrected chi connectivity index (χ1v) is 8.03. The van der Waals surface area contributed by atoms with Gasteiger partial charge in [0, 0.05) is 5.92 Å². The molecule has 0 spiro atoms. The molecule has 122 valence electrons. The van der Waals surface area contributed by atoms with Crippen molar-refractivity contribution in [1.29, 1.82) is 0 Å². The maximum Gasteiger partial charge on any atom is 0.322 e. The number of ether oxygens (including phenoxy) is 1. The summed E-state index contributed by atoms with van der Waals surface area (Å²) in [5, 5.41) is 10.5. The van der Waals surface area contributed by atoms with E-state index in [0.717, 1.165) is 18.4 Å². The predicted octanol–water partition coefficient (Wildman–Crippen LogP) is 3.44. The predicted molar refractivity (Wildman–Crippen MR) is 85.4 cm³/mol. The number of hydrogen-bond acceptors (Lipinski definition) is 5. The van der Waals surface area contributed by atoms with Crippen LogP contribution < -0.4 is 10.1 Å². The Hall–Kier alpha value is -2.37. The third-order valence-corrected chi connectivity index (χ3v) is 4.03. The van der Waals surface area contributed by atoms with Crippen molar-refractivity contribution in [2.45, 2.75) is 44.9 Å². The summed E-state index contributed by atoms with van der Waals surface area (Å²) < 4.78 is 11.0. The number of nitrogens with one attached hydrogen (secondary N) is 1. The first-order chi connectivity index (χ1) is 11.2. The van der Waals surface area contributed by atoms with Crippen LogP contribution in [-0.2, 0) is 4.79 Å². The zero-order valence-electron chi connectivity index (χ0n) is 13.2. The lowest BCUT2D eigenvalue weighted by Crippen LogP contribution is -2.20. The fourth-order valence-corrected chi connectivity index (χ4v) is 2.74. The maximum atomic E-state index is 11.9. The van der Waals surface area contributed by atoms with Crippen molar-refractivity contribution in [2.24, 2.45) is 0 Å². The van der Waals surface area contributed by atoms with Crippen LogP contribution in [0.1, 0.15) is 49.5 Å². The fourth-order valence-electron chi connectivity index (χ4n) is 2.74. The van der Waals surface area contributed by atoms with Gasteiger partial charge in [-0.25, -0.2) is 0 Å². The van der Waals surface area contributed by atoms with E-state index >= 15 is 0 Å². The summed E-state index contributed by atoms with van der Waals surface area (Å²) in [4.78, 5) is 11.9. The minimum Gasteiger partial charge on any atom is -0.484 e. The number of nitrogens with zero attached hydrogens (tertiary/aromatic N) is 2. The van der Waals surface area contributed by atoms with E-state index in [4.69, 9.17) is 9.15 Å². The molecule has 2 aromatic rings. The van der Waals surface area contributed by atoms with Crippen LogP contribution in [-0.4, -0.2) is 22.7 Å². The van der Waals surface area contributed by atoms with Crippen LogP contribution in [0.5, 0.6) is 5.75 Å². The molecule has 1 heterocycles. The molecule has 23 heavy (non-hydrogen) atoms. The van der Waals surface area contributed by atoms with Gasteiger partial charge in [-0.15, -0.1) is 5.10 Å². The summed E-state index contributed by atoms with van der Waals surface area (Å²) in [6.07, 6.45) is 5.81. The smallest absolute Gasteiger partial charge is 0.322 e. The molecule has 1 aromatic heterocycles. The van der Waals surface area contributed by atoms with Crippen LogP contribution >= 0.6 is 0 Å². The number of anilines is 1. The van der Waals surface area contributed by atoms with Crippen LogP contribution in [0.4, 0.5) is 6.01 Å². The molecule has 0 bridgehead atoms. The molecule has 3 rings (SSSR count). The Bertz CT molecular complexity index is 645. The number of hydrogen-bond donors (Lipinski definition) is 1. The molecule has 1 N–H and O–H groups in total. The highest BCUT2D eigenvalue weighted by Crippen LogP contribution is 2.32. The number of amides is 1. The molecule has 1 aliphatic rings. The largest absolute Gasteiger partial charge is 0.484 e. The third-order valence-electron chi connectivity index (χ3n) is 4.03. The van der Waals surface area contributed by atoms with Gasteiger partial charge >= 0.3 is 6.01 Å². The molecule has 0 saturated heterocycles. The number of rotatable bonds is 5. The van der Waals surface area contributed by atoms with Crippen molar-refractivity contribution < 1.29 is 13.9 Å². The number of carbonyl (C=O) groups is 1. The van der Waals surface area contributed by atoms with Gasteiger partial charge < -0.3 is 9.15 Å². The van der Waals surface area contributed by atoms with Gasteiger partial charge in [0.1, 0.15) is 5.75 Å². The van der Waals surface area contributed by atoms with E-state index in [-0.39, 0.29) is 18.5 Å². The summed E-state index contributed by atoms with van der Waals surface area (Å²) in [5.41, 5.74) is 1.14. The normalized spacial score (nSPS) is 15.3. The lowest BCUT2D eigenvalue weighted by atomic mass is 9.89. The highest BCUT2D eigenvalue weighted by molar-refractivity contribution is 5.89. The molecule has 6 heteroatoms. The first-order valence-electron chi connectivity index (χ1n) is 8.03. The second-order valence-corrected chi connectivity index (χ2v) is 5.93. The molecule has 6 nitrogen and oxygen atoms in total.